The zero-order valence-electron chi connectivity index (χ0n) is 16.3. The van der Waals surface area contributed by atoms with E-state index < -0.39 is 11.8 Å². The van der Waals surface area contributed by atoms with Crippen LogP contribution in [0.15, 0.2) is 42.7 Å². The summed E-state index contributed by atoms with van der Waals surface area (Å²) in [6.45, 7) is 3.36. The minimum atomic E-state index is -1.29. The van der Waals surface area contributed by atoms with Gasteiger partial charge in [-0.2, -0.15) is 0 Å². The maximum Gasteiger partial charge on any atom is 0.348 e. The van der Waals surface area contributed by atoms with Crippen molar-refractivity contribution in [3.05, 3.63) is 59.1 Å². The number of methoxy groups -OCH3 is 1. The van der Waals surface area contributed by atoms with Gasteiger partial charge >= 0.3 is 5.97 Å². The van der Waals surface area contributed by atoms with Crippen molar-refractivity contribution in [1.29, 1.82) is 0 Å². The van der Waals surface area contributed by atoms with Gasteiger partial charge in [-0.15, -0.1) is 11.3 Å². The molecular formula is C21H19FN4O3S. The van der Waals surface area contributed by atoms with Crippen LogP contribution in [0.3, 0.4) is 0 Å². The second kappa shape index (κ2) is 8.11. The maximum absolute atomic E-state index is 13.8. The molecule has 0 atom stereocenters. The smallest absolute Gasteiger partial charge is 0.348 e. The number of anilines is 1. The molecule has 0 saturated carbocycles. The molecular weight excluding hydrogens is 407 g/mol. The molecule has 2 N–H and O–H groups in total. The predicted octanol–water partition coefficient (Wildman–Crippen LogP) is 4.43. The molecule has 0 radical (unpaired) electrons. The van der Waals surface area contributed by atoms with Gasteiger partial charge in [-0.3, -0.25) is 0 Å². The van der Waals surface area contributed by atoms with Gasteiger partial charge < -0.3 is 19.7 Å². The number of ether oxygens (including phenoxy) is 1. The third-order valence-electron chi connectivity index (χ3n) is 4.77. The van der Waals surface area contributed by atoms with Crippen LogP contribution in [0.4, 0.5) is 10.2 Å². The summed E-state index contributed by atoms with van der Waals surface area (Å²) in [5.74, 6) is -0.632. The highest BCUT2D eigenvalue weighted by Gasteiger charge is 2.17. The first-order valence-electron chi connectivity index (χ1n) is 9.19. The number of hydrogen-bond acceptors (Lipinski definition) is 6. The molecule has 0 aliphatic carbocycles. The van der Waals surface area contributed by atoms with Crippen molar-refractivity contribution < 1.29 is 19.0 Å². The van der Waals surface area contributed by atoms with E-state index in [2.05, 4.69) is 32.0 Å². The van der Waals surface area contributed by atoms with E-state index in [1.165, 1.54) is 12.4 Å². The third-order valence-corrected chi connectivity index (χ3v) is 5.90. The lowest BCUT2D eigenvalue weighted by Crippen LogP contribution is -2.12. The van der Waals surface area contributed by atoms with Gasteiger partial charge in [0.1, 0.15) is 28.6 Å². The van der Waals surface area contributed by atoms with E-state index in [0.717, 1.165) is 33.7 Å². The van der Waals surface area contributed by atoms with Gasteiger partial charge in [0.25, 0.3) is 0 Å². The van der Waals surface area contributed by atoms with Gasteiger partial charge in [0.15, 0.2) is 0 Å². The summed E-state index contributed by atoms with van der Waals surface area (Å²) < 4.78 is 21.4. The number of thiophene rings is 1. The van der Waals surface area contributed by atoms with Crippen molar-refractivity contribution in [1.82, 2.24) is 14.5 Å². The Morgan fingerprint density at radius 1 is 1.30 bits per heavy atom. The zero-order valence-corrected chi connectivity index (χ0v) is 17.2. The van der Waals surface area contributed by atoms with Gasteiger partial charge in [-0.05, 0) is 31.2 Å². The fraction of sp³-hybridized carbons (Fsp3) is 0.190. The molecule has 1 aromatic carbocycles. The van der Waals surface area contributed by atoms with Crippen LogP contribution in [0.1, 0.15) is 15.4 Å². The van der Waals surface area contributed by atoms with Gasteiger partial charge in [0, 0.05) is 30.2 Å². The molecule has 0 unspecified atom stereocenters. The number of halogens is 1. The lowest BCUT2D eigenvalue weighted by Gasteiger charge is -2.11. The standard InChI is InChI=1S/C21H19FN4O3S/c1-12-8-13-16(4-3-5-17(13)29-2)26(12)7-6-23-19-10-15(24-11-25-19)18-9-14(22)20(30-18)21(27)28/h3-5,8-11H,6-7H2,1-2H3,(H,27,28)(H,23,24,25). The first-order chi connectivity index (χ1) is 14.5. The number of carboxylic acids is 1. The molecule has 0 amide bonds. The highest BCUT2D eigenvalue weighted by atomic mass is 32.1. The third kappa shape index (κ3) is 3.71. The van der Waals surface area contributed by atoms with Crippen molar-refractivity contribution in [2.45, 2.75) is 13.5 Å². The van der Waals surface area contributed by atoms with Crippen LogP contribution in [0.25, 0.3) is 21.5 Å². The van der Waals surface area contributed by atoms with E-state index in [4.69, 9.17) is 9.84 Å². The normalized spacial score (nSPS) is 11.0. The van der Waals surface area contributed by atoms with Gasteiger partial charge in [-0.1, -0.05) is 6.07 Å². The molecule has 0 spiro atoms. The Labute approximate surface area is 175 Å². The van der Waals surface area contributed by atoms with Crippen LogP contribution in [0.2, 0.25) is 0 Å². The van der Waals surface area contributed by atoms with Crippen molar-refractivity contribution in [3.63, 3.8) is 0 Å². The number of hydrogen-bond donors (Lipinski definition) is 2. The minimum absolute atomic E-state index is 0.330. The number of aryl methyl sites for hydroxylation is 1. The van der Waals surface area contributed by atoms with Crippen LogP contribution < -0.4 is 10.1 Å². The second-order valence-corrected chi connectivity index (χ2v) is 7.69. The maximum atomic E-state index is 13.8. The number of nitrogens with zero attached hydrogens (tertiary/aromatic N) is 3. The fourth-order valence-corrected chi connectivity index (χ4v) is 4.23. The van der Waals surface area contributed by atoms with E-state index in [-0.39, 0.29) is 4.88 Å². The SMILES string of the molecule is COc1cccc2c1cc(C)n2CCNc1cc(-c2cc(F)c(C(=O)O)s2)ncn1. The molecule has 9 heteroatoms. The average Bonchev–Trinajstić information content (AvgIpc) is 3.28. The molecule has 4 aromatic rings. The van der Waals surface area contributed by atoms with E-state index in [1.807, 2.05) is 19.1 Å². The fourth-order valence-electron chi connectivity index (χ4n) is 3.39. The average molecular weight is 426 g/mol. The molecule has 0 aliphatic rings. The number of nitrogens with one attached hydrogen (secondary N) is 1. The number of carbonyl (C=O) groups is 1. The van der Waals surface area contributed by atoms with Crippen molar-refractivity contribution in [2.75, 3.05) is 19.0 Å². The Hall–Kier alpha value is -3.46. The Kier molecular flexibility index (Phi) is 5.37. The number of rotatable bonds is 7. The number of aromatic carboxylic acids is 1. The van der Waals surface area contributed by atoms with Crippen molar-refractivity contribution in [3.8, 4) is 16.3 Å². The quantitative estimate of drug-likeness (QED) is 0.455. The number of aromatic nitrogens is 3. The molecule has 154 valence electrons. The van der Waals surface area contributed by atoms with Crippen LogP contribution in [0.5, 0.6) is 5.75 Å². The summed E-state index contributed by atoms with van der Waals surface area (Å²) in [5, 5.41) is 13.3. The van der Waals surface area contributed by atoms with Crippen molar-refractivity contribution >= 4 is 34.0 Å². The summed E-state index contributed by atoms with van der Waals surface area (Å²) in [7, 11) is 1.66. The second-order valence-electron chi connectivity index (χ2n) is 6.64. The topological polar surface area (TPSA) is 89.3 Å². The van der Waals surface area contributed by atoms with Crippen LogP contribution in [-0.4, -0.2) is 39.3 Å². The lowest BCUT2D eigenvalue weighted by atomic mass is 10.2. The molecule has 30 heavy (non-hydrogen) atoms. The Morgan fingerprint density at radius 3 is 2.87 bits per heavy atom. The summed E-state index contributed by atoms with van der Waals surface area (Å²) in [6.07, 6.45) is 1.37. The lowest BCUT2D eigenvalue weighted by molar-refractivity contribution is 0.0697. The Bertz CT molecular complexity index is 1230. The first kappa shape index (κ1) is 19.8. The minimum Gasteiger partial charge on any atom is -0.496 e. The molecule has 3 aromatic heterocycles. The largest absolute Gasteiger partial charge is 0.496 e. The summed E-state index contributed by atoms with van der Waals surface area (Å²) in [5.41, 5.74) is 2.68. The number of benzene rings is 1. The monoisotopic (exact) mass is 426 g/mol. The Morgan fingerprint density at radius 2 is 2.13 bits per heavy atom. The summed E-state index contributed by atoms with van der Waals surface area (Å²) in [4.78, 5) is 19.5. The van der Waals surface area contributed by atoms with E-state index in [0.29, 0.717) is 29.5 Å². The summed E-state index contributed by atoms with van der Waals surface area (Å²) >= 11 is 0.850. The van der Waals surface area contributed by atoms with Crippen LogP contribution >= 0.6 is 11.3 Å². The van der Waals surface area contributed by atoms with E-state index >= 15 is 0 Å². The summed E-state index contributed by atoms with van der Waals surface area (Å²) in [6, 6.07) is 10.9. The zero-order chi connectivity index (χ0) is 21.3. The number of fused-ring (bicyclic) bond motifs is 1. The van der Waals surface area contributed by atoms with E-state index in [1.54, 1.807) is 13.2 Å². The molecule has 0 aliphatic heterocycles. The Balaban J connectivity index is 1.50. The molecule has 7 nitrogen and oxygen atoms in total. The van der Waals surface area contributed by atoms with Crippen LogP contribution in [-0.2, 0) is 6.54 Å². The molecule has 4 rings (SSSR count). The molecule has 3 heterocycles. The van der Waals surface area contributed by atoms with Gasteiger partial charge in [0.2, 0.25) is 0 Å². The molecule has 0 fully saturated rings. The highest BCUT2D eigenvalue weighted by molar-refractivity contribution is 7.17. The highest BCUT2D eigenvalue weighted by Crippen LogP contribution is 2.31. The van der Waals surface area contributed by atoms with Crippen molar-refractivity contribution in [2.24, 2.45) is 0 Å². The number of carboxylic acid groups (broad SMARTS) is 1. The molecule has 0 saturated heterocycles. The van der Waals surface area contributed by atoms with E-state index in [9.17, 15) is 9.18 Å². The van der Waals surface area contributed by atoms with Crippen LogP contribution in [0, 0.1) is 12.7 Å². The van der Waals surface area contributed by atoms with Gasteiger partial charge in [0.05, 0.1) is 23.2 Å². The molecule has 0 bridgehead atoms. The predicted molar refractivity (Wildman–Crippen MR) is 114 cm³/mol. The van der Waals surface area contributed by atoms with Gasteiger partial charge in [-0.25, -0.2) is 19.2 Å². The first-order valence-corrected chi connectivity index (χ1v) is 10.0.